The number of para-hydroxylation sites is 2. The Morgan fingerprint density at radius 2 is 1.91 bits per heavy atom. The summed E-state index contributed by atoms with van der Waals surface area (Å²) in [4.78, 5) is 38.7. The zero-order chi connectivity index (χ0) is 29.1. The van der Waals surface area contributed by atoms with E-state index in [2.05, 4.69) is 22.1 Å². The van der Waals surface area contributed by atoms with Gasteiger partial charge in [0.05, 0.1) is 32.2 Å². The number of aromatic nitrogens is 3. The molecule has 1 aliphatic carbocycles. The first-order valence-electron chi connectivity index (χ1n) is 13.6. The molecule has 3 aromatic carbocycles. The number of nitro benzene ring substituents is 1. The van der Waals surface area contributed by atoms with Gasteiger partial charge in [0, 0.05) is 23.8 Å². The van der Waals surface area contributed by atoms with Crippen molar-refractivity contribution in [1.29, 1.82) is 0 Å². The number of hydrogen-bond donors (Lipinski definition) is 1. The second kappa shape index (κ2) is 10.1. The summed E-state index contributed by atoms with van der Waals surface area (Å²) < 4.78 is 8.20. The Hall–Kier alpha value is -5.00. The molecule has 8 rings (SSSR count). The first-order valence-corrected chi connectivity index (χ1v) is 15.2. The molecule has 11 heteroatoms. The minimum Gasteiger partial charge on any atom is -0.450 e. The quantitative estimate of drug-likeness (QED) is 0.195. The number of furan rings is 1. The first kappa shape index (κ1) is 25.7. The van der Waals surface area contributed by atoms with Crippen molar-refractivity contribution in [3.05, 3.63) is 143 Å². The van der Waals surface area contributed by atoms with Crippen LogP contribution in [0.1, 0.15) is 34.9 Å². The number of aromatic amines is 1. The lowest BCUT2D eigenvalue weighted by Gasteiger charge is -2.30. The van der Waals surface area contributed by atoms with E-state index >= 15 is 0 Å². The van der Waals surface area contributed by atoms with E-state index in [0.29, 0.717) is 37.3 Å². The molecule has 0 saturated carbocycles. The topological polar surface area (TPSA) is 119 Å². The van der Waals surface area contributed by atoms with Crippen molar-refractivity contribution in [2.75, 3.05) is 0 Å². The number of hydrogen-bond acceptors (Lipinski definition) is 8. The van der Waals surface area contributed by atoms with Crippen molar-refractivity contribution in [3.63, 3.8) is 0 Å². The van der Waals surface area contributed by atoms with Gasteiger partial charge in [0.2, 0.25) is 0 Å². The van der Waals surface area contributed by atoms with Gasteiger partial charge in [0.15, 0.2) is 15.1 Å². The Balaban J connectivity index is 1.23. The zero-order valence-electron chi connectivity index (χ0n) is 22.4. The summed E-state index contributed by atoms with van der Waals surface area (Å²) in [5, 5.41) is 13.0. The predicted molar refractivity (Wildman–Crippen MR) is 165 cm³/mol. The fourth-order valence-corrected chi connectivity index (χ4v) is 7.55. The van der Waals surface area contributed by atoms with Crippen LogP contribution >= 0.6 is 23.1 Å². The average molecular weight is 604 g/mol. The van der Waals surface area contributed by atoms with Gasteiger partial charge in [0.25, 0.3) is 11.2 Å². The van der Waals surface area contributed by atoms with Crippen LogP contribution in [-0.2, 0) is 6.42 Å². The van der Waals surface area contributed by atoms with Crippen molar-refractivity contribution in [3.8, 4) is 0 Å². The third-order valence-corrected chi connectivity index (χ3v) is 9.50. The number of imidazole rings is 1. The predicted octanol–water partition coefficient (Wildman–Crippen LogP) is 5.85. The molecule has 210 valence electrons. The molecule has 0 unspecified atom stereocenters. The molecule has 9 nitrogen and oxygen atoms in total. The molecule has 2 aliphatic rings. The molecule has 0 saturated heterocycles. The van der Waals surface area contributed by atoms with Crippen LogP contribution in [0.25, 0.3) is 22.8 Å². The van der Waals surface area contributed by atoms with Crippen LogP contribution in [0.3, 0.4) is 0 Å². The van der Waals surface area contributed by atoms with Gasteiger partial charge in [-0.3, -0.25) is 19.5 Å². The van der Waals surface area contributed by atoms with Crippen LogP contribution in [0.5, 0.6) is 0 Å². The number of benzene rings is 3. The van der Waals surface area contributed by atoms with Crippen LogP contribution in [0.15, 0.2) is 115 Å². The molecule has 0 bridgehead atoms. The van der Waals surface area contributed by atoms with E-state index < -0.39 is 11.0 Å². The van der Waals surface area contributed by atoms with Crippen molar-refractivity contribution in [2.24, 2.45) is 4.99 Å². The van der Waals surface area contributed by atoms with Crippen molar-refractivity contribution in [1.82, 2.24) is 14.5 Å². The molecule has 3 aromatic heterocycles. The lowest BCUT2D eigenvalue weighted by molar-refractivity contribution is -0.384. The maximum Gasteiger partial charge on any atom is 0.271 e. The molecule has 0 radical (unpaired) electrons. The number of allylic oxidation sites excluding steroid dienone is 1. The van der Waals surface area contributed by atoms with Crippen LogP contribution < -0.4 is 14.9 Å². The minimum absolute atomic E-state index is 0.0138. The highest BCUT2D eigenvalue weighted by molar-refractivity contribution is 7.99. The van der Waals surface area contributed by atoms with Crippen LogP contribution in [0, 0.1) is 10.1 Å². The highest BCUT2D eigenvalue weighted by atomic mass is 32.2. The van der Waals surface area contributed by atoms with Crippen molar-refractivity contribution >= 4 is 51.6 Å². The Labute approximate surface area is 251 Å². The second-order valence-corrected chi connectivity index (χ2v) is 12.3. The lowest BCUT2D eigenvalue weighted by atomic mass is 9.83. The Morgan fingerprint density at radius 3 is 2.79 bits per heavy atom. The second-order valence-electron chi connectivity index (χ2n) is 10.3. The Morgan fingerprint density at radius 1 is 1.05 bits per heavy atom. The van der Waals surface area contributed by atoms with Gasteiger partial charge < -0.3 is 9.40 Å². The summed E-state index contributed by atoms with van der Waals surface area (Å²) in [6.45, 7) is 0. The van der Waals surface area contributed by atoms with E-state index in [0.717, 1.165) is 34.3 Å². The third-order valence-electron chi connectivity index (χ3n) is 7.71. The molecule has 0 amide bonds. The minimum atomic E-state index is -0.502. The Kier molecular flexibility index (Phi) is 6.02. The molecule has 1 N–H and O–H groups in total. The maximum atomic E-state index is 14.0. The Bertz CT molecular complexity index is 2280. The number of rotatable bonds is 5. The van der Waals surface area contributed by atoms with E-state index in [-0.39, 0.29) is 11.2 Å². The molecule has 6 aromatic rings. The molecule has 4 heterocycles. The monoisotopic (exact) mass is 603 g/mol. The van der Waals surface area contributed by atoms with Crippen LogP contribution in [-0.4, -0.2) is 19.5 Å². The molecular weight excluding hydrogens is 583 g/mol. The molecule has 43 heavy (non-hydrogen) atoms. The number of nitro groups is 1. The standard InChI is InChI=1S/C32H21N5O4S2/c38-30-26(17-21-13-15-27(41-21)43-31-33-24-10-3-4-11-25(24)34-31)42-32-35-28-22-9-2-1-6-18(22)12-14-23(28)29(36(30)32)19-7-5-8-20(16-19)37(39)40/h1-11,13,15-17,29H,12,14H2,(H,33,34)/b26-17-/t29-/m0/s1. The van der Waals surface area contributed by atoms with Crippen molar-refractivity contribution < 1.29 is 9.34 Å². The molecule has 1 atom stereocenters. The number of nitrogens with one attached hydrogen (secondary N) is 1. The summed E-state index contributed by atoms with van der Waals surface area (Å²) in [6, 6.07) is 25.7. The molecule has 1 aliphatic heterocycles. The van der Waals surface area contributed by atoms with Gasteiger partial charge in [0.1, 0.15) is 5.76 Å². The summed E-state index contributed by atoms with van der Waals surface area (Å²) in [7, 11) is 0. The zero-order valence-corrected chi connectivity index (χ0v) is 24.0. The van der Waals surface area contributed by atoms with E-state index in [4.69, 9.17) is 9.41 Å². The molecule has 0 spiro atoms. The number of nitrogens with zero attached hydrogens (tertiary/aromatic N) is 4. The molecular formula is C32H21N5O4S2. The summed E-state index contributed by atoms with van der Waals surface area (Å²) in [5.74, 6) is 0.532. The smallest absolute Gasteiger partial charge is 0.271 e. The first-order chi connectivity index (χ1) is 21.0. The van der Waals surface area contributed by atoms with Gasteiger partial charge in [-0.25, -0.2) is 9.98 Å². The van der Waals surface area contributed by atoms with E-state index in [1.165, 1.54) is 34.7 Å². The molecule has 0 fully saturated rings. The number of non-ortho nitro benzene ring substituents is 1. The number of thiazole rings is 1. The third kappa shape index (κ3) is 4.44. The van der Waals surface area contributed by atoms with Crippen LogP contribution in [0.4, 0.5) is 5.69 Å². The highest BCUT2D eigenvalue weighted by Gasteiger charge is 2.33. The summed E-state index contributed by atoms with van der Waals surface area (Å²) in [5.41, 5.74) is 6.35. The largest absolute Gasteiger partial charge is 0.450 e. The number of fused-ring (bicyclic) bond motifs is 4. The summed E-state index contributed by atoms with van der Waals surface area (Å²) >= 11 is 2.66. The van der Waals surface area contributed by atoms with Gasteiger partial charge >= 0.3 is 0 Å². The number of H-pyrrole nitrogens is 1. The maximum absolute atomic E-state index is 14.0. The normalized spacial score (nSPS) is 16.1. The van der Waals surface area contributed by atoms with E-state index in [1.54, 1.807) is 22.8 Å². The van der Waals surface area contributed by atoms with Gasteiger partial charge in [-0.05, 0) is 65.6 Å². The fraction of sp³-hybridized carbons (Fsp3) is 0.0938. The summed E-state index contributed by atoms with van der Waals surface area (Å²) in [6.07, 6.45) is 3.24. The van der Waals surface area contributed by atoms with Gasteiger partial charge in [-0.1, -0.05) is 59.9 Å². The average Bonchev–Trinajstić information content (AvgIpc) is 3.73. The van der Waals surface area contributed by atoms with Crippen molar-refractivity contribution in [2.45, 2.75) is 29.1 Å². The van der Waals surface area contributed by atoms with Gasteiger partial charge in [-0.2, -0.15) is 0 Å². The van der Waals surface area contributed by atoms with E-state index in [9.17, 15) is 14.9 Å². The highest BCUT2D eigenvalue weighted by Crippen LogP contribution is 2.41. The number of aryl methyl sites for hydroxylation is 1. The lowest BCUT2D eigenvalue weighted by Crippen LogP contribution is -2.38. The van der Waals surface area contributed by atoms with E-state index in [1.807, 2.05) is 54.6 Å². The SMILES string of the molecule is O=c1/c(=C/c2ccc(Sc3nc4ccccc4[nH]3)o2)sc2n1[C@@H](c1cccc([N+](=O)[O-])c1)C1=C(N=2)c2ccccc2CC1. The van der Waals surface area contributed by atoms with Gasteiger partial charge in [-0.15, -0.1) is 0 Å². The van der Waals surface area contributed by atoms with Crippen LogP contribution in [0.2, 0.25) is 0 Å². The fourth-order valence-electron chi connectivity index (χ4n) is 5.80.